The lowest BCUT2D eigenvalue weighted by molar-refractivity contribution is -0.138. The van der Waals surface area contributed by atoms with E-state index < -0.39 is 22.0 Å². The van der Waals surface area contributed by atoms with E-state index >= 15 is 0 Å². The van der Waals surface area contributed by atoms with E-state index in [-0.39, 0.29) is 16.2 Å². The lowest BCUT2D eigenvalue weighted by Crippen LogP contribution is -2.38. The quantitative estimate of drug-likeness (QED) is 0.473. The second-order valence-corrected chi connectivity index (χ2v) is 7.73. The van der Waals surface area contributed by atoms with Crippen LogP contribution in [-0.4, -0.2) is 45.5 Å². The number of carboxylic acids is 1. The Morgan fingerprint density at radius 2 is 1.66 bits per heavy atom. The first kappa shape index (κ1) is 22.1. The molecule has 0 aliphatic rings. The van der Waals surface area contributed by atoms with Crippen molar-refractivity contribution in [3.05, 3.63) is 59.7 Å². The van der Waals surface area contributed by atoms with Crippen molar-refractivity contribution in [1.29, 1.82) is 0 Å². The van der Waals surface area contributed by atoms with Crippen LogP contribution in [0.3, 0.4) is 0 Å². The summed E-state index contributed by atoms with van der Waals surface area (Å²) in [5, 5.41) is 8.83. The van der Waals surface area contributed by atoms with Crippen LogP contribution in [0.1, 0.15) is 22.8 Å². The van der Waals surface area contributed by atoms with Crippen molar-refractivity contribution in [2.24, 2.45) is 0 Å². The first-order valence-electron chi connectivity index (χ1n) is 8.47. The number of ketones is 1. The molecule has 8 nitrogen and oxygen atoms in total. The molecule has 1 atom stereocenters. The summed E-state index contributed by atoms with van der Waals surface area (Å²) in [6, 6.07) is 9.13. The Bertz CT molecular complexity index is 1030. The smallest absolute Gasteiger partial charge is 0.321 e. The number of hydrogen-bond donors (Lipinski definition) is 2. The zero-order chi connectivity index (χ0) is 21.6. The fourth-order valence-corrected chi connectivity index (χ4v) is 3.57. The molecule has 0 saturated carbocycles. The zero-order valence-corrected chi connectivity index (χ0v) is 16.9. The van der Waals surface area contributed by atoms with Gasteiger partial charge in [0.2, 0.25) is 10.0 Å². The molecular weight excluding hydrogens is 398 g/mol. The van der Waals surface area contributed by atoms with E-state index in [2.05, 4.69) is 0 Å². The number of nitrogens with one attached hydrogen (secondary N) is 1. The van der Waals surface area contributed by atoms with Gasteiger partial charge in [0.05, 0.1) is 19.1 Å². The van der Waals surface area contributed by atoms with E-state index in [1.165, 1.54) is 51.5 Å². The third-order valence-electron chi connectivity index (χ3n) is 3.99. The van der Waals surface area contributed by atoms with Crippen LogP contribution in [-0.2, 0) is 14.8 Å². The third kappa shape index (κ3) is 5.66. The highest BCUT2D eigenvalue weighted by molar-refractivity contribution is 7.89. The van der Waals surface area contributed by atoms with Crippen LogP contribution < -0.4 is 14.2 Å². The zero-order valence-electron chi connectivity index (χ0n) is 16.1. The fraction of sp³-hybridized carbons (Fsp3) is 0.200. The highest BCUT2D eigenvalue weighted by Gasteiger charge is 2.21. The van der Waals surface area contributed by atoms with E-state index in [1.807, 2.05) is 4.72 Å². The van der Waals surface area contributed by atoms with Crippen molar-refractivity contribution in [3.8, 4) is 11.5 Å². The van der Waals surface area contributed by atoms with Crippen LogP contribution >= 0.6 is 0 Å². The van der Waals surface area contributed by atoms with Crippen LogP contribution in [0.2, 0.25) is 0 Å². The molecule has 0 bridgehead atoms. The van der Waals surface area contributed by atoms with E-state index in [4.69, 9.17) is 14.6 Å². The number of hydrogen-bond acceptors (Lipinski definition) is 6. The number of methoxy groups -OCH3 is 2. The number of carbonyl (C=O) groups excluding carboxylic acids is 1. The number of benzene rings is 2. The molecule has 0 aromatic heterocycles. The van der Waals surface area contributed by atoms with Gasteiger partial charge < -0.3 is 14.6 Å². The van der Waals surface area contributed by atoms with Gasteiger partial charge in [-0.05, 0) is 55.0 Å². The first-order valence-corrected chi connectivity index (χ1v) is 9.96. The minimum Gasteiger partial charge on any atom is -0.493 e. The van der Waals surface area contributed by atoms with Crippen molar-refractivity contribution < 1.29 is 32.6 Å². The first-order chi connectivity index (χ1) is 13.7. The van der Waals surface area contributed by atoms with Gasteiger partial charge in [0, 0.05) is 5.56 Å². The molecule has 0 radical (unpaired) electrons. The Morgan fingerprint density at radius 3 is 2.21 bits per heavy atom. The molecule has 29 heavy (non-hydrogen) atoms. The van der Waals surface area contributed by atoms with Gasteiger partial charge in [-0.2, -0.15) is 4.72 Å². The second-order valence-electron chi connectivity index (χ2n) is 6.02. The largest absolute Gasteiger partial charge is 0.493 e. The Balaban J connectivity index is 2.15. The molecule has 2 aromatic rings. The van der Waals surface area contributed by atoms with E-state index in [1.54, 1.807) is 24.3 Å². The van der Waals surface area contributed by atoms with Gasteiger partial charge in [0.25, 0.3) is 0 Å². The number of aliphatic carboxylic acids is 1. The maximum Gasteiger partial charge on any atom is 0.321 e. The third-order valence-corrected chi connectivity index (χ3v) is 5.54. The molecule has 0 aliphatic heterocycles. The predicted molar refractivity (Wildman–Crippen MR) is 107 cm³/mol. The van der Waals surface area contributed by atoms with Crippen LogP contribution in [0.15, 0.2) is 53.4 Å². The number of allylic oxidation sites excluding steroid dienone is 1. The number of ether oxygens (including phenoxy) is 2. The summed E-state index contributed by atoms with van der Waals surface area (Å²) in [6.45, 7) is 1.22. The van der Waals surface area contributed by atoms with Crippen molar-refractivity contribution in [2.45, 2.75) is 17.9 Å². The van der Waals surface area contributed by atoms with E-state index in [9.17, 15) is 18.0 Å². The van der Waals surface area contributed by atoms with Crippen LogP contribution in [0.4, 0.5) is 0 Å². The molecule has 2 N–H and O–H groups in total. The molecule has 0 saturated heterocycles. The van der Waals surface area contributed by atoms with Crippen LogP contribution in [0, 0.1) is 0 Å². The molecule has 1 unspecified atom stereocenters. The van der Waals surface area contributed by atoms with Gasteiger partial charge in [-0.1, -0.05) is 12.1 Å². The molecule has 0 amide bonds. The Morgan fingerprint density at radius 1 is 1.03 bits per heavy atom. The van der Waals surface area contributed by atoms with Crippen molar-refractivity contribution in [1.82, 2.24) is 4.72 Å². The average Bonchev–Trinajstić information content (AvgIpc) is 2.71. The summed E-state index contributed by atoms with van der Waals surface area (Å²) in [7, 11) is -0.964. The monoisotopic (exact) mass is 419 g/mol. The lowest BCUT2D eigenvalue weighted by atomic mass is 10.1. The maximum atomic E-state index is 12.3. The number of carboxylic acid groups (broad SMARTS) is 1. The van der Waals surface area contributed by atoms with Gasteiger partial charge in [-0.15, -0.1) is 0 Å². The van der Waals surface area contributed by atoms with Gasteiger partial charge in [0.15, 0.2) is 17.3 Å². The van der Waals surface area contributed by atoms with E-state index in [0.717, 1.165) is 5.56 Å². The minimum absolute atomic E-state index is 0.133. The summed E-state index contributed by atoms with van der Waals surface area (Å²) in [5.41, 5.74) is 1.01. The SMILES string of the molecule is COc1ccc(/C=C/C(=O)c2ccc(S(=O)(=O)NC(C)C(=O)O)cc2)cc1OC. The molecule has 0 spiro atoms. The predicted octanol–water partition coefficient (Wildman–Crippen LogP) is 2.35. The standard InChI is InChI=1S/C20H21NO7S/c1-13(20(23)24)21-29(25,26)16-8-6-15(7-9-16)17(22)10-4-14-5-11-18(27-2)19(12-14)28-3/h4-13,21H,1-3H3,(H,23,24)/b10-4+. The minimum atomic E-state index is -4.00. The van der Waals surface area contributed by atoms with Crippen molar-refractivity contribution >= 4 is 27.9 Å². The number of carbonyl (C=O) groups is 2. The summed E-state index contributed by atoms with van der Waals surface area (Å²) in [4.78, 5) is 23.0. The van der Waals surface area contributed by atoms with Gasteiger partial charge >= 0.3 is 5.97 Å². The molecule has 0 aliphatic carbocycles. The second kappa shape index (κ2) is 9.35. The fourth-order valence-electron chi connectivity index (χ4n) is 2.37. The summed E-state index contributed by atoms with van der Waals surface area (Å²) in [5.74, 6) is -0.519. The normalized spacial score (nSPS) is 12.5. The number of rotatable bonds is 9. The van der Waals surface area contributed by atoms with E-state index in [0.29, 0.717) is 11.5 Å². The average molecular weight is 419 g/mol. The summed E-state index contributed by atoms with van der Waals surface area (Å²) >= 11 is 0. The topological polar surface area (TPSA) is 119 Å². The van der Waals surface area contributed by atoms with Gasteiger partial charge in [-0.3, -0.25) is 9.59 Å². The molecule has 2 aromatic carbocycles. The molecule has 2 rings (SSSR count). The van der Waals surface area contributed by atoms with Gasteiger partial charge in [-0.25, -0.2) is 8.42 Å². The molecule has 9 heteroatoms. The Kier molecular flexibility index (Phi) is 7.13. The summed E-state index contributed by atoms with van der Waals surface area (Å²) in [6.07, 6.45) is 2.96. The Labute approximate surface area is 168 Å². The highest BCUT2D eigenvalue weighted by atomic mass is 32.2. The Hall–Kier alpha value is -3.17. The van der Waals surface area contributed by atoms with Crippen LogP contribution in [0.25, 0.3) is 6.08 Å². The molecule has 0 fully saturated rings. The molecule has 154 valence electrons. The highest BCUT2D eigenvalue weighted by Crippen LogP contribution is 2.28. The molecular formula is C20H21NO7S. The van der Waals surface area contributed by atoms with Crippen LogP contribution in [0.5, 0.6) is 11.5 Å². The van der Waals surface area contributed by atoms with Gasteiger partial charge in [0.1, 0.15) is 6.04 Å². The number of sulfonamides is 1. The van der Waals surface area contributed by atoms with Crippen molar-refractivity contribution in [2.75, 3.05) is 14.2 Å². The molecule has 0 heterocycles. The maximum absolute atomic E-state index is 12.3. The lowest BCUT2D eigenvalue weighted by Gasteiger charge is -2.10. The van der Waals surface area contributed by atoms with Crippen molar-refractivity contribution in [3.63, 3.8) is 0 Å². The summed E-state index contributed by atoms with van der Waals surface area (Å²) < 4.78 is 36.7.